The molecule has 2 amide bonds. The van der Waals surface area contributed by atoms with Gasteiger partial charge in [0.25, 0.3) is 11.8 Å². The van der Waals surface area contributed by atoms with Crippen LogP contribution in [0.25, 0.3) is 0 Å². The monoisotopic (exact) mass is 696 g/mol. The van der Waals surface area contributed by atoms with Crippen LogP contribution in [0.5, 0.6) is 0 Å². The van der Waals surface area contributed by atoms with E-state index in [1.807, 2.05) is 0 Å². The van der Waals surface area contributed by atoms with E-state index in [0.717, 1.165) is 40.7 Å². The number of rotatable bonds is 6. The molecule has 0 aliphatic carbocycles. The number of carbonyl (C=O) groups is 2. The summed E-state index contributed by atoms with van der Waals surface area (Å²) in [5.74, 6) is -0.559. The van der Waals surface area contributed by atoms with Crippen LogP contribution in [-0.4, -0.2) is 74.7 Å². The lowest BCUT2D eigenvalue weighted by Crippen LogP contribution is -2.50. The Bertz CT molecular complexity index is 1590. The van der Waals surface area contributed by atoms with Crippen LogP contribution >= 0.6 is 39.1 Å². The van der Waals surface area contributed by atoms with Gasteiger partial charge in [-0.15, -0.1) is 0 Å². The Morgan fingerprint density at radius 3 is 2.33 bits per heavy atom. The molecule has 2 aliphatic rings. The Morgan fingerprint density at radius 1 is 1.00 bits per heavy atom. The molecule has 0 radical (unpaired) electrons. The summed E-state index contributed by atoms with van der Waals surface area (Å²) in [7, 11) is -4.07. The van der Waals surface area contributed by atoms with Gasteiger partial charge in [0.05, 0.1) is 21.9 Å². The SMILES string of the molecule is Cc1cc(Br)cc(C)c1N1CCCC(NC(=O)c2cc(S(=O)(=O)N3CCN(C(=O)c4ccco4)CC3)c(Cl)cc2Cl)C1. The average molecular weight is 698 g/mol. The van der Waals surface area contributed by atoms with E-state index in [1.165, 1.54) is 27.6 Å². The van der Waals surface area contributed by atoms with Crippen LogP contribution in [0.15, 0.2) is 56.4 Å². The molecule has 3 aromatic rings. The van der Waals surface area contributed by atoms with Crippen molar-refractivity contribution in [1.29, 1.82) is 0 Å². The molecule has 9 nitrogen and oxygen atoms in total. The zero-order chi connectivity index (χ0) is 30.2. The second-order valence-corrected chi connectivity index (χ2v) is 14.2. The van der Waals surface area contributed by atoms with Crippen molar-refractivity contribution in [2.45, 2.75) is 37.6 Å². The van der Waals surface area contributed by atoms with E-state index >= 15 is 0 Å². The Kier molecular flexibility index (Phi) is 9.24. The standard InChI is InChI=1S/C29H31BrCl2N4O5S/c1-18-13-20(30)14-19(2)27(18)35-7-3-5-21(17-35)33-28(37)22-15-26(24(32)16-23(22)31)42(39,40)36-10-8-34(9-11-36)29(38)25-6-4-12-41-25/h4,6,12-16,21H,3,5,7-11,17H2,1-2H3,(H,33,37). The molecule has 1 aromatic heterocycles. The maximum Gasteiger partial charge on any atom is 0.289 e. The third kappa shape index (κ3) is 6.35. The molecule has 3 heterocycles. The number of carbonyl (C=O) groups excluding carboxylic acids is 2. The van der Waals surface area contributed by atoms with Crippen LogP contribution in [-0.2, 0) is 10.0 Å². The number of benzene rings is 2. The summed E-state index contributed by atoms with van der Waals surface area (Å²) in [5, 5.41) is 3.05. The zero-order valence-electron chi connectivity index (χ0n) is 23.2. The van der Waals surface area contributed by atoms with E-state index in [-0.39, 0.29) is 64.4 Å². The highest BCUT2D eigenvalue weighted by molar-refractivity contribution is 9.10. The highest BCUT2D eigenvalue weighted by atomic mass is 79.9. The largest absolute Gasteiger partial charge is 0.459 e. The fourth-order valence-electron chi connectivity index (χ4n) is 5.69. The van der Waals surface area contributed by atoms with E-state index in [0.29, 0.717) is 6.54 Å². The molecule has 1 atom stereocenters. The van der Waals surface area contributed by atoms with Crippen molar-refractivity contribution < 1.29 is 22.4 Å². The van der Waals surface area contributed by atoms with E-state index in [4.69, 9.17) is 27.6 Å². The van der Waals surface area contributed by atoms with Crippen molar-refractivity contribution in [3.8, 4) is 0 Å². The Hall–Kier alpha value is -2.57. The van der Waals surface area contributed by atoms with Gasteiger partial charge in [0.2, 0.25) is 10.0 Å². The predicted molar refractivity (Wildman–Crippen MR) is 166 cm³/mol. The van der Waals surface area contributed by atoms with Gasteiger partial charge in [-0.25, -0.2) is 8.42 Å². The van der Waals surface area contributed by atoms with Gasteiger partial charge in [-0.05, 0) is 74.2 Å². The summed E-state index contributed by atoms with van der Waals surface area (Å²) in [5.41, 5.74) is 3.49. The number of nitrogens with zero attached hydrogens (tertiary/aromatic N) is 3. The molecule has 1 N–H and O–H groups in total. The van der Waals surface area contributed by atoms with Crippen LogP contribution in [0.1, 0.15) is 44.9 Å². The molecule has 2 aliphatic heterocycles. The highest BCUT2D eigenvalue weighted by Crippen LogP contribution is 2.33. The molecule has 2 saturated heterocycles. The summed E-state index contributed by atoms with van der Waals surface area (Å²) >= 11 is 16.3. The van der Waals surface area contributed by atoms with Crippen molar-refractivity contribution >= 4 is 66.7 Å². The molecule has 5 rings (SSSR count). The van der Waals surface area contributed by atoms with Gasteiger partial charge in [0.15, 0.2) is 5.76 Å². The Morgan fingerprint density at radius 2 is 1.69 bits per heavy atom. The fourth-order valence-corrected chi connectivity index (χ4v) is 8.63. The molecule has 224 valence electrons. The van der Waals surface area contributed by atoms with Crippen LogP contribution in [0.2, 0.25) is 10.0 Å². The van der Waals surface area contributed by atoms with Crippen molar-refractivity contribution in [2.75, 3.05) is 44.2 Å². The Balaban J connectivity index is 1.30. The second kappa shape index (κ2) is 12.6. The normalized spacial score (nSPS) is 18.3. The average Bonchev–Trinajstić information content (AvgIpc) is 3.47. The number of amides is 2. The number of piperidine rings is 1. The molecule has 0 bridgehead atoms. The molecule has 13 heteroatoms. The first kappa shape index (κ1) is 30.9. The smallest absolute Gasteiger partial charge is 0.289 e. The molecular formula is C29H31BrCl2N4O5S. The summed E-state index contributed by atoms with van der Waals surface area (Å²) < 4.78 is 34.7. The molecule has 2 fully saturated rings. The number of hydrogen-bond donors (Lipinski definition) is 1. The number of piperazine rings is 1. The van der Waals surface area contributed by atoms with Gasteiger partial charge in [0.1, 0.15) is 4.90 Å². The minimum atomic E-state index is -4.07. The zero-order valence-corrected chi connectivity index (χ0v) is 27.1. The van der Waals surface area contributed by atoms with Crippen LogP contribution < -0.4 is 10.2 Å². The third-order valence-electron chi connectivity index (χ3n) is 7.67. The molecule has 0 spiro atoms. The van der Waals surface area contributed by atoms with E-state index < -0.39 is 15.9 Å². The van der Waals surface area contributed by atoms with Crippen molar-refractivity contribution in [1.82, 2.24) is 14.5 Å². The maximum absolute atomic E-state index is 13.6. The van der Waals surface area contributed by atoms with E-state index in [2.05, 4.69) is 52.1 Å². The maximum atomic E-state index is 13.6. The first-order chi connectivity index (χ1) is 20.0. The summed E-state index contributed by atoms with van der Waals surface area (Å²) in [6.45, 7) is 6.15. The molecular weight excluding hydrogens is 667 g/mol. The van der Waals surface area contributed by atoms with Gasteiger partial charge >= 0.3 is 0 Å². The van der Waals surface area contributed by atoms with Crippen molar-refractivity contribution in [3.05, 3.63) is 79.6 Å². The topological polar surface area (TPSA) is 103 Å². The number of sulfonamides is 1. The van der Waals surface area contributed by atoms with E-state index in [9.17, 15) is 18.0 Å². The second-order valence-electron chi connectivity index (χ2n) is 10.6. The lowest BCUT2D eigenvalue weighted by Gasteiger charge is -2.36. The number of anilines is 1. The predicted octanol–water partition coefficient (Wildman–Crippen LogP) is 5.51. The van der Waals surface area contributed by atoms with Gasteiger partial charge in [0, 0.05) is 55.5 Å². The number of halogens is 3. The van der Waals surface area contributed by atoms with E-state index in [1.54, 1.807) is 12.1 Å². The quantitative estimate of drug-likeness (QED) is 0.365. The number of nitrogens with one attached hydrogen (secondary N) is 1. The van der Waals surface area contributed by atoms with Crippen LogP contribution in [0.3, 0.4) is 0 Å². The Labute approximate surface area is 263 Å². The van der Waals surface area contributed by atoms with Gasteiger partial charge < -0.3 is 19.5 Å². The van der Waals surface area contributed by atoms with Crippen LogP contribution in [0, 0.1) is 13.8 Å². The summed E-state index contributed by atoms with van der Waals surface area (Å²) in [4.78, 5) is 29.6. The van der Waals surface area contributed by atoms with Crippen molar-refractivity contribution in [2.24, 2.45) is 0 Å². The van der Waals surface area contributed by atoms with Crippen LogP contribution in [0.4, 0.5) is 5.69 Å². The minimum absolute atomic E-state index is 0.0411. The molecule has 2 aromatic carbocycles. The third-order valence-corrected chi connectivity index (χ3v) is 10.8. The van der Waals surface area contributed by atoms with Gasteiger partial charge in [-0.3, -0.25) is 9.59 Å². The number of aryl methyl sites for hydroxylation is 2. The summed E-state index contributed by atoms with van der Waals surface area (Å²) in [6, 6.07) is 9.74. The first-order valence-electron chi connectivity index (χ1n) is 13.6. The first-order valence-corrected chi connectivity index (χ1v) is 16.6. The fraction of sp³-hybridized carbons (Fsp3) is 0.379. The number of furan rings is 1. The minimum Gasteiger partial charge on any atom is -0.459 e. The van der Waals surface area contributed by atoms with Gasteiger partial charge in [-0.2, -0.15) is 4.31 Å². The summed E-state index contributed by atoms with van der Waals surface area (Å²) in [6.07, 6.45) is 3.09. The lowest BCUT2D eigenvalue weighted by atomic mass is 10.0. The highest BCUT2D eigenvalue weighted by Gasteiger charge is 2.34. The lowest BCUT2D eigenvalue weighted by molar-refractivity contribution is 0.0665. The molecule has 1 unspecified atom stereocenters. The van der Waals surface area contributed by atoms with Crippen molar-refractivity contribution in [3.63, 3.8) is 0 Å². The molecule has 42 heavy (non-hydrogen) atoms. The number of hydrogen-bond acceptors (Lipinski definition) is 6. The molecule has 0 saturated carbocycles. The van der Waals surface area contributed by atoms with Gasteiger partial charge in [-0.1, -0.05) is 39.1 Å².